The Morgan fingerprint density at radius 3 is 2.58 bits per heavy atom. The van der Waals surface area contributed by atoms with Gasteiger partial charge in [0.2, 0.25) is 5.91 Å². The molecular weight excluding hydrogens is 236 g/mol. The van der Waals surface area contributed by atoms with Gasteiger partial charge in [-0.25, -0.2) is 0 Å². The Labute approximate surface area is 118 Å². The minimum absolute atomic E-state index is 0.304. The first-order valence-electron chi connectivity index (χ1n) is 8.09. The highest BCUT2D eigenvalue weighted by Crippen LogP contribution is 2.33. The Morgan fingerprint density at radius 2 is 1.95 bits per heavy atom. The first-order valence-corrected chi connectivity index (χ1v) is 8.09. The lowest BCUT2D eigenvalue weighted by Gasteiger charge is -2.38. The van der Waals surface area contributed by atoms with Gasteiger partial charge in [0, 0.05) is 19.1 Å². The number of nitrogens with one attached hydrogen (secondary N) is 1. The lowest BCUT2D eigenvalue weighted by molar-refractivity contribution is -0.129. The summed E-state index contributed by atoms with van der Waals surface area (Å²) in [6.45, 7) is 9.45. The SMILES string of the molecule is CC1CCC(C(C)C)C(NCC(=O)N2CCCC2)C1. The second-order valence-corrected chi connectivity index (χ2v) is 6.90. The van der Waals surface area contributed by atoms with Crippen LogP contribution in [-0.2, 0) is 4.79 Å². The van der Waals surface area contributed by atoms with E-state index < -0.39 is 0 Å². The fraction of sp³-hybridized carbons (Fsp3) is 0.938. The standard InChI is InChI=1S/C16H30N2O/c1-12(2)14-7-6-13(3)10-15(14)17-11-16(19)18-8-4-5-9-18/h12-15,17H,4-11H2,1-3H3. The molecule has 1 saturated heterocycles. The van der Waals surface area contributed by atoms with Crippen LogP contribution in [-0.4, -0.2) is 36.5 Å². The second-order valence-electron chi connectivity index (χ2n) is 6.90. The fourth-order valence-corrected chi connectivity index (χ4v) is 3.73. The van der Waals surface area contributed by atoms with E-state index in [-0.39, 0.29) is 0 Å². The van der Waals surface area contributed by atoms with Gasteiger partial charge in [-0.05, 0) is 43.4 Å². The monoisotopic (exact) mass is 266 g/mol. The highest BCUT2D eigenvalue weighted by Gasteiger charge is 2.31. The molecule has 2 fully saturated rings. The molecule has 3 heteroatoms. The average molecular weight is 266 g/mol. The van der Waals surface area contributed by atoms with Crippen molar-refractivity contribution in [2.24, 2.45) is 17.8 Å². The predicted molar refractivity (Wildman–Crippen MR) is 78.9 cm³/mol. The molecule has 1 aliphatic heterocycles. The van der Waals surface area contributed by atoms with Crippen LogP contribution in [0.2, 0.25) is 0 Å². The number of amides is 1. The molecule has 110 valence electrons. The molecule has 2 rings (SSSR count). The summed E-state index contributed by atoms with van der Waals surface area (Å²) < 4.78 is 0. The smallest absolute Gasteiger partial charge is 0.236 e. The van der Waals surface area contributed by atoms with Gasteiger partial charge in [-0.15, -0.1) is 0 Å². The van der Waals surface area contributed by atoms with E-state index in [1.807, 2.05) is 4.90 Å². The molecule has 0 aromatic heterocycles. The van der Waals surface area contributed by atoms with Crippen molar-refractivity contribution >= 4 is 5.91 Å². The number of rotatable bonds is 4. The third-order valence-corrected chi connectivity index (χ3v) is 5.00. The van der Waals surface area contributed by atoms with Crippen molar-refractivity contribution in [3.8, 4) is 0 Å². The Balaban J connectivity index is 1.82. The predicted octanol–water partition coefficient (Wildman–Crippen LogP) is 2.66. The van der Waals surface area contributed by atoms with Crippen LogP contribution in [0, 0.1) is 17.8 Å². The van der Waals surface area contributed by atoms with Gasteiger partial charge in [-0.3, -0.25) is 4.79 Å². The maximum absolute atomic E-state index is 12.1. The first kappa shape index (κ1) is 14.8. The molecule has 0 spiro atoms. The van der Waals surface area contributed by atoms with Crippen molar-refractivity contribution < 1.29 is 4.79 Å². The molecule has 3 unspecified atom stereocenters. The van der Waals surface area contributed by atoms with Gasteiger partial charge in [-0.1, -0.05) is 27.2 Å². The van der Waals surface area contributed by atoms with Crippen LogP contribution in [0.4, 0.5) is 0 Å². The third-order valence-electron chi connectivity index (χ3n) is 5.00. The lowest BCUT2D eigenvalue weighted by Crippen LogP contribution is -2.47. The van der Waals surface area contributed by atoms with Crippen molar-refractivity contribution in [3.63, 3.8) is 0 Å². The van der Waals surface area contributed by atoms with Crippen molar-refractivity contribution in [2.75, 3.05) is 19.6 Å². The summed E-state index contributed by atoms with van der Waals surface area (Å²) >= 11 is 0. The van der Waals surface area contributed by atoms with Gasteiger partial charge in [0.05, 0.1) is 6.54 Å². The third kappa shape index (κ3) is 3.95. The van der Waals surface area contributed by atoms with Crippen LogP contribution in [0.25, 0.3) is 0 Å². The number of nitrogens with zero attached hydrogens (tertiary/aromatic N) is 1. The van der Waals surface area contributed by atoms with Gasteiger partial charge in [0.15, 0.2) is 0 Å². The number of carbonyl (C=O) groups is 1. The minimum atomic E-state index is 0.304. The molecule has 3 atom stereocenters. The van der Waals surface area contributed by atoms with Crippen LogP contribution in [0.3, 0.4) is 0 Å². The zero-order valence-electron chi connectivity index (χ0n) is 12.8. The largest absolute Gasteiger partial charge is 0.342 e. The first-order chi connectivity index (χ1) is 9.08. The maximum Gasteiger partial charge on any atom is 0.236 e. The highest BCUT2D eigenvalue weighted by atomic mass is 16.2. The van der Waals surface area contributed by atoms with Gasteiger partial charge in [0.25, 0.3) is 0 Å². The zero-order valence-corrected chi connectivity index (χ0v) is 12.8. The zero-order chi connectivity index (χ0) is 13.8. The molecular formula is C16H30N2O. The van der Waals surface area contributed by atoms with Crippen molar-refractivity contribution in [1.29, 1.82) is 0 Å². The van der Waals surface area contributed by atoms with Gasteiger partial charge < -0.3 is 10.2 Å². The average Bonchev–Trinajstić information content (AvgIpc) is 2.89. The molecule has 0 aromatic rings. The summed E-state index contributed by atoms with van der Waals surface area (Å²) in [5.41, 5.74) is 0. The van der Waals surface area contributed by atoms with Gasteiger partial charge in [-0.2, -0.15) is 0 Å². The summed E-state index contributed by atoms with van der Waals surface area (Å²) in [6.07, 6.45) is 6.26. The highest BCUT2D eigenvalue weighted by molar-refractivity contribution is 5.78. The molecule has 0 radical (unpaired) electrons. The quantitative estimate of drug-likeness (QED) is 0.848. The van der Waals surface area contributed by atoms with Crippen LogP contribution < -0.4 is 5.32 Å². The van der Waals surface area contributed by atoms with E-state index in [0.717, 1.165) is 24.9 Å². The van der Waals surface area contributed by atoms with Crippen LogP contribution in [0.15, 0.2) is 0 Å². The lowest BCUT2D eigenvalue weighted by atomic mass is 9.74. The number of hydrogen-bond donors (Lipinski definition) is 1. The Bertz CT molecular complexity index is 297. The molecule has 0 aromatic carbocycles. The molecule has 1 heterocycles. The van der Waals surface area contributed by atoms with Crippen molar-refractivity contribution in [3.05, 3.63) is 0 Å². The van der Waals surface area contributed by atoms with E-state index in [4.69, 9.17) is 0 Å². The van der Waals surface area contributed by atoms with E-state index in [0.29, 0.717) is 24.4 Å². The Morgan fingerprint density at radius 1 is 1.26 bits per heavy atom. The maximum atomic E-state index is 12.1. The minimum Gasteiger partial charge on any atom is -0.342 e. The number of carbonyl (C=O) groups excluding carboxylic acids is 1. The van der Waals surface area contributed by atoms with Gasteiger partial charge in [0.1, 0.15) is 0 Å². The second kappa shape index (κ2) is 6.74. The topological polar surface area (TPSA) is 32.3 Å². The molecule has 2 aliphatic rings. The van der Waals surface area contributed by atoms with E-state index in [1.165, 1.54) is 32.1 Å². The summed E-state index contributed by atoms with van der Waals surface area (Å²) in [5, 5.41) is 3.57. The number of hydrogen-bond acceptors (Lipinski definition) is 2. The Hall–Kier alpha value is -0.570. The molecule has 1 saturated carbocycles. The molecule has 3 nitrogen and oxygen atoms in total. The van der Waals surface area contributed by atoms with E-state index >= 15 is 0 Å². The summed E-state index contributed by atoms with van der Waals surface area (Å²) in [4.78, 5) is 14.1. The summed E-state index contributed by atoms with van der Waals surface area (Å²) in [6, 6.07) is 0.537. The molecule has 1 N–H and O–H groups in total. The molecule has 1 amide bonds. The van der Waals surface area contributed by atoms with Crippen LogP contribution in [0.1, 0.15) is 52.9 Å². The van der Waals surface area contributed by atoms with E-state index in [2.05, 4.69) is 26.1 Å². The molecule has 1 aliphatic carbocycles. The van der Waals surface area contributed by atoms with E-state index in [9.17, 15) is 4.79 Å². The van der Waals surface area contributed by atoms with Crippen molar-refractivity contribution in [1.82, 2.24) is 10.2 Å². The van der Waals surface area contributed by atoms with E-state index in [1.54, 1.807) is 0 Å². The summed E-state index contributed by atoms with van der Waals surface area (Å²) in [5.74, 6) is 2.56. The molecule has 19 heavy (non-hydrogen) atoms. The normalized spacial score (nSPS) is 32.0. The number of likely N-dealkylation sites (tertiary alicyclic amines) is 1. The van der Waals surface area contributed by atoms with Gasteiger partial charge >= 0.3 is 0 Å². The van der Waals surface area contributed by atoms with Crippen LogP contribution >= 0.6 is 0 Å². The van der Waals surface area contributed by atoms with Crippen molar-refractivity contribution in [2.45, 2.75) is 58.9 Å². The summed E-state index contributed by atoms with van der Waals surface area (Å²) in [7, 11) is 0. The van der Waals surface area contributed by atoms with Crippen LogP contribution in [0.5, 0.6) is 0 Å². The Kier molecular flexibility index (Phi) is 5.26. The fourth-order valence-electron chi connectivity index (χ4n) is 3.73. The molecule has 0 bridgehead atoms.